The molecule has 0 aromatic heterocycles. The summed E-state index contributed by atoms with van der Waals surface area (Å²) in [6.07, 6.45) is 11.9. The highest BCUT2D eigenvalue weighted by molar-refractivity contribution is 5.81. The van der Waals surface area contributed by atoms with Gasteiger partial charge in [0.05, 0.1) is 0 Å². The molecule has 0 aliphatic heterocycles. The van der Waals surface area contributed by atoms with Crippen LogP contribution < -0.4 is 0 Å². The Kier molecular flexibility index (Phi) is 7.10. The van der Waals surface area contributed by atoms with Crippen LogP contribution in [-0.2, 0) is 0 Å². The molecule has 1 atom stereocenters. The standard InChI is InChI=1S/C40H32/c1-3-27-40(4-2,34-17-11-12-18-34)39-37-28-32(21-19-30-13-7-5-8-14-30)23-25-35(37)36-26-24-33(29-38(36)39)22-20-31-15-9-6-10-16-31/h3,5-17,23-26,28-29,39H,1,4,18,27H2,2H3. The van der Waals surface area contributed by atoms with Crippen LogP contribution >= 0.6 is 0 Å². The Balaban J connectivity index is 1.51. The lowest BCUT2D eigenvalue weighted by molar-refractivity contribution is 0.300. The Labute approximate surface area is 238 Å². The monoisotopic (exact) mass is 512 g/mol. The highest BCUT2D eigenvalue weighted by atomic mass is 14.5. The first-order valence-electron chi connectivity index (χ1n) is 14.1. The highest BCUT2D eigenvalue weighted by Crippen LogP contribution is 2.59. The first-order chi connectivity index (χ1) is 19.7. The Morgan fingerprint density at radius 3 is 1.70 bits per heavy atom. The van der Waals surface area contributed by atoms with Crippen molar-refractivity contribution in [1.29, 1.82) is 0 Å². The summed E-state index contributed by atoms with van der Waals surface area (Å²) in [4.78, 5) is 0. The smallest absolute Gasteiger partial charge is 0.0252 e. The minimum atomic E-state index is -0.0672. The van der Waals surface area contributed by atoms with Crippen molar-refractivity contribution in [2.24, 2.45) is 5.41 Å². The minimum Gasteiger partial charge on any atom is -0.103 e. The fourth-order valence-electron chi connectivity index (χ4n) is 6.43. The van der Waals surface area contributed by atoms with Crippen LogP contribution in [0.2, 0.25) is 0 Å². The zero-order valence-electron chi connectivity index (χ0n) is 23.0. The van der Waals surface area contributed by atoms with E-state index in [-0.39, 0.29) is 11.3 Å². The summed E-state index contributed by atoms with van der Waals surface area (Å²) < 4.78 is 0. The predicted octanol–water partition coefficient (Wildman–Crippen LogP) is 9.46. The van der Waals surface area contributed by atoms with E-state index < -0.39 is 0 Å². The molecule has 0 nitrogen and oxygen atoms in total. The van der Waals surface area contributed by atoms with Crippen molar-refractivity contribution in [3.05, 3.63) is 167 Å². The van der Waals surface area contributed by atoms with E-state index in [1.165, 1.54) is 27.8 Å². The van der Waals surface area contributed by atoms with E-state index in [1.54, 1.807) is 0 Å². The molecule has 0 fully saturated rings. The van der Waals surface area contributed by atoms with Crippen molar-refractivity contribution in [3.8, 4) is 34.8 Å². The van der Waals surface area contributed by atoms with Gasteiger partial charge in [0.15, 0.2) is 0 Å². The first-order valence-corrected chi connectivity index (χ1v) is 14.1. The third kappa shape index (κ3) is 4.75. The third-order valence-corrected chi connectivity index (χ3v) is 8.37. The summed E-state index contributed by atoms with van der Waals surface area (Å²) in [5.41, 5.74) is 10.9. The lowest BCUT2D eigenvalue weighted by Crippen LogP contribution is -2.30. The van der Waals surface area contributed by atoms with Crippen LogP contribution in [0.3, 0.4) is 0 Å². The molecule has 4 aromatic carbocycles. The molecule has 0 radical (unpaired) electrons. The van der Waals surface area contributed by atoms with Crippen molar-refractivity contribution in [3.63, 3.8) is 0 Å². The molecule has 192 valence electrons. The Hall–Kier alpha value is -4.78. The van der Waals surface area contributed by atoms with Crippen LogP contribution in [0.15, 0.2) is 134 Å². The number of fused-ring (bicyclic) bond motifs is 3. The molecule has 0 heterocycles. The van der Waals surface area contributed by atoms with Crippen LogP contribution in [0, 0.1) is 29.1 Å². The predicted molar refractivity (Wildman–Crippen MR) is 168 cm³/mol. The molecule has 0 N–H and O–H groups in total. The number of benzene rings is 4. The summed E-state index contributed by atoms with van der Waals surface area (Å²) in [7, 11) is 0. The van der Waals surface area contributed by atoms with E-state index in [2.05, 4.69) is 122 Å². The normalized spacial score (nSPS) is 14.6. The Bertz CT molecular complexity index is 1640. The van der Waals surface area contributed by atoms with Crippen molar-refractivity contribution in [2.75, 3.05) is 0 Å². The van der Waals surface area contributed by atoms with E-state index in [1.807, 2.05) is 36.4 Å². The third-order valence-electron chi connectivity index (χ3n) is 8.37. The largest absolute Gasteiger partial charge is 0.103 e. The maximum Gasteiger partial charge on any atom is 0.0252 e. The van der Waals surface area contributed by atoms with E-state index in [9.17, 15) is 0 Å². The molecule has 6 rings (SSSR count). The molecule has 0 saturated carbocycles. The number of hydrogen-bond donors (Lipinski definition) is 0. The summed E-state index contributed by atoms with van der Waals surface area (Å²) in [5.74, 6) is 13.8. The number of rotatable bonds is 5. The van der Waals surface area contributed by atoms with Crippen molar-refractivity contribution in [2.45, 2.75) is 32.1 Å². The maximum atomic E-state index is 4.22. The molecule has 2 aliphatic carbocycles. The van der Waals surface area contributed by atoms with Crippen molar-refractivity contribution < 1.29 is 0 Å². The molecule has 1 unspecified atom stereocenters. The van der Waals surface area contributed by atoms with Gasteiger partial charge in [-0.1, -0.05) is 109 Å². The lowest BCUT2D eigenvalue weighted by atomic mass is 9.62. The quantitative estimate of drug-likeness (QED) is 0.184. The van der Waals surface area contributed by atoms with E-state index in [0.29, 0.717) is 0 Å². The van der Waals surface area contributed by atoms with Gasteiger partial charge < -0.3 is 0 Å². The summed E-state index contributed by atoms with van der Waals surface area (Å²) in [6, 6.07) is 34.0. The van der Waals surface area contributed by atoms with Crippen LogP contribution in [0.4, 0.5) is 0 Å². The van der Waals surface area contributed by atoms with Gasteiger partial charge in [-0.25, -0.2) is 0 Å². The van der Waals surface area contributed by atoms with E-state index >= 15 is 0 Å². The van der Waals surface area contributed by atoms with E-state index in [4.69, 9.17) is 0 Å². The minimum absolute atomic E-state index is 0.0672. The molecular formula is C40H32. The van der Waals surface area contributed by atoms with Crippen LogP contribution in [0.25, 0.3) is 11.1 Å². The van der Waals surface area contributed by atoms with E-state index in [0.717, 1.165) is 41.5 Å². The second-order valence-corrected chi connectivity index (χ2v) is 10.6. The second kappa shape index (κ2) is 11.1. The molecular weight excluding hydrogens is 480 g/mol. The Morgan fingerprint density at radius 2 is 1.25 bits per heavy atom. The van der Waals surface area contributed by atoms with Crippen LogP contribution in [0.1, 0.15) is 65.5 Å². The zero-order valence-corrected chi connectivity index (χ0v) is 23.0. The molecule has 4 aromatic rings. The van der Waals surface area contributed by atoms with Gasteiger partial charge in [0, 0.05) is 33.6 Å². The molecule has 2 aliphatic rings. The summed E-state index contributed by atoms with van der Waals surface area (Å²) in [5, 5.41) is 0. The van der Waals surface area contributed by atoms with Gasteiger partial charge in [-0.15, -0.1) is 6.58 Å². The number of hydrogen-bond acceptors (Lipinski definition) is 0. The Morgan fingerprint density at radius 1 is 0.725 bits per heavy atom. The van der Waals surface area contributed by atoms with Crippen LogP contribution in [-0.4, -0.2) is 0 Å². The van der Waals surface area contributed by atoms with Crippen molar-refractivity contribution in [1.82, 2.24) is 0 Å². The van der Waals surface area contributed by atoms with Gasteiger partial charge in [0.1, 0.15) is 0 Å². The molecule has 0 spiro atoms. The fourth-order valence-corrected chi connectivity index (χ4v) is 6.43. The maximum absolute atomic E-state index is 4.22. The van der Waals surface area contributed by atoms with Gasteiger partial charge >= 0.3 is 0 Å². The summed E-state index contributed by atoms with van der Waals surface area (Å²) in [6.45, 7) is 6.55. The molecule has 0 heteroatoms. The molecule has 0 bridgehead atoms. The lowest BCUT2D eigenvalue weighted by Gasteiger charge is -2.41. The van der Waals surface area contributed by atoms with Gasteiger partial charge in [0.25, 0.3) is 0 Å². The zero-order chi connectivity index (χ0) is 27.4. The van der Waals surface area contributed by atoms with Gasteiger partial charge in [-0.3, -0.25) is 0 Å². The molecule has 0 amide bonds. The van der Waals surface area contributed by atoms with Gasteiger partial charge in [0.2, 0.25) is 0 Å². The first kappa shape index (κ1) is 25.5. The average Bonchev–Trinajstić information content (AvgIpc) is 3.66. The summed E-state index contributed by atoms with van der Waals surface area (Å²) >= 11 is 0. The fraction of sp³-hybridized carbons (Fsp3) is 0.150. The average molecular weight is 513 g/mol. The van der Waals surface area contributed by atoms with Gasteiger partial charge in [-0.2, -0.15) is 0 Å². The van der Waals surface area contributed by atoms with Crippen LogP contribution in [0.5, 0.6) is 0 Å². The second-order valence-electron chi connectivity index (χ2n) is 10.6. The SMILES string of the molecule is C=CCC(CC)(C1=CC=CC1)C1c2cc(C#Cc3ccccc3)ccc2-c2ccc(C#Cc3ccccc3)cc21. The highest BCUT2D eigenvalue weighted by Gasteiger charge is 2.46. The molecule has 0 saturated heterocycles. The van der Waals surface area contributed by atoms with Gasteiger partial charge in [-0.05, 0) is 90.0 Å². The number of allylic oxidation sites excluding steroid dienone is 5. The topological polar surface area (TPSA) is 0 Å². The molecule has 40 heavy (non-hydrogen) atoms. The van der Waals surface area contributed by atoms with Crippen molar-refractivity contribution >= 4 is 0 Å².